The van der Waals surface area contributed by atoms with E-state index in [1.165, 1.54) is 10.5 Å². The molecule has 2 aromatic carbocycles. The van der Waals surface area contributed by atoms with Gasteiger partial charge in [-0.15, -0.1) is 11.8 Å². The number of thioether (sulfide) groups is 1. The van der Waals surface area contributed by atoms with Crippen LogP contribution in [-0.2, 0) is 4.79 Å². The predicted molar refractivity (Wildman–Crippen MR) is 93.9 cm³/mol. The van der Waals surface area contributed by atoms with Crippen molar-refractivity contribution in [1.82, 2.24) is 5.32 Å². The van der Waals surface area contributed by atoms with Crippen molar-refractivity contribution in [3.05, 3.63) is 59.7 Å². The third-order valence-corrected chi connectivity index (χ3v) is 5.07. The largest absolute Gasteiger partial charge is 0.481 e. The zero-order chi connectivity index (χ0) is 16.2. The normalized spacial score (nSPS) is 17.9. The summed E-state index contributed by atoms with van der Waals surface area (Å²) in [5.41, 5.74) is 2.33. The van der Waals surface area contributed by atoms with E-state index in [1.807, 2.05) is 55.1 Å². The molecule has 0 bridgehead atoms. The Labute approximate surface area is 141 Å². The van der Waals surface area contributed by atoms with E-state index in [2.05, 4.69) is 17.4 Å². The molecule has 4 heteroatoms. The van der Waals surface area contributed by atoms with E-state index in [0.717, 1.165) is 23.5 Å². The van der Waals surface area contributed by atoms with Crippen LogP contribution in [0.3, 0.4) is 0 Å². The van der Waals surface area contributed by atoms with Crippen molar-refractivity contribution in [2.45, 2.75) is 37.3 Å². The van der Waals surface area contributed by atoms with Crippen molar-refractivity contribution in [2.24, 2.45) is 0 Å². The first-order valence-corrected chi connectivity index (χ1v) is 8.87. The number of fused-ring (bicyclic) bond motifs is 1. The van der Waals surface area contributed by atoms with Crippen molar-refractivity contribution in [3.8, 4) is 5.75 Å². The van der Waals surface area contributed by atoms with E-state index in [4.69, 9.17) is 4.74 Å². The summed E-state index contributed by atoms with van der Waals surface area (Å²) in [5.74, 6) is 1.68. The Balaban J connectivity index is 1.65. The molecular formula is C19H21NO2S. The second-order valence-electron chi connectivity index (χ2n) is 5.81. The Bertz CT molecular complexity index is 701. The first-order valence-electron chi connectivity index (χ1n) is 7.89. The van der Waals surface area contributed by atoms with E-state index in [1.54, 1.807) is 6.92 Å². The van der Waals surface area contributed by atoms with Gasteiger partial charge >= 0.3 is 0 Å². The lowest BCUT2D eigenvalue weighted by atomic mass is 10.0. The Hall–Kier alpha value is -1.94. The fraction of sp³-hybridized carbons (Fsp3) is 0.316. The molecule has 3 nitrogen and oxygen atoms in total. The first kappa shape index (κ1) is 15.9. The summed E-state index contributed by atoms with van der Waals surface area (Å²) in [6.07, 6.45) is 0.434. The van der Waals surface area contributed by atoms with Gasteiger partial charge in [0.2, 0.25) is 0 Å². The Morgan fingerprint density at radius 1 is 1.26 bits per heavy atom. The van der Waals surface area contributed by atoms with Crippen molar-refractivity contribution in [3.63, 3.8) is 0 Å². The summed E-state index contributed by atoms with van der Waals surface area (Å²) in [7, 11) is 0. The second kappa shape index (κ2) is 7.09. The van der Waals surface area contributed by atoms with Gasteiger partial charge in [0.25, 0.3) is 5.91 Å². The molecule has 0 aromatic heterocycles. The van der Waals surface area contributed by atoms with E-state index < -0.39 is 6.10 Å². The van der Waals surface area contributed by atoms with Crippen LogP contribution in [0.15, 0.2) is 53.4 Å². The van der Waals surface area contributed by atoms with Crippen molar-refractivity contribution in [2.75, 3.05) is 5.75 Å². The van der Waals surface area contributed by atoms with Gasteiger partial charge in [-0.05, 0) is 49.6 Å². The highest BCUT2D eigenvalue weighted by Crippen LogP contribution is 2.35. The smallest absolute Gasteiger partial charge is 0.261 e. The molecule has 0 saturated carbocycles. The lowest BCUT2D eigenvalue weighted by molar-refractivity contribution is -0.128. The zero-order valence-electron chi connectivity index (χ0n) is 13.4. The van der Waals surface area contributed by atoms with Crippen LogP contribution < -0.4 is 10.1 Å². The van der Waals surface area contributed by atoms with Crippen LogP contribution in [0.4, 0.5) is 0 Å². The molecule has 1 aliphatic heterocycles. The van der Waals surface area contributed by atoms with Crippen molar-refractivity contribution >= 4 is 17.7 Å². The van der Waals surface area contributed by atoms with Gasteiger partial charge in [-0.2, -0.15) is 0 Å². The number of nitrogens with one attached hydrogen (secondary N) is 1. The van der Waals surface area contributed by atoms with Crippen LogP contribution >= 0.6 is 11.8 Å². The number of amides is 1. The quantitative estimate of drug-likeness (QED) is 0.918. The molecule has 3 rings (SSSR count). The fourth-order valence-electron chi connectivity index (χ4n) is 2.73. The summed E-state index contributed by atoms with van der Waals surface area (Å²) in [6, 6.07) is 16.1. The van der Waals surface area contributed by atoms with Crippen LogP contribution in [-0.4, -0.2) is 17.8 Å². The highest BCUT2D eigenvalue weighted by Gasteiger charge is 2.24. The van der Waals surface area contributed by atoms with Crippen molar-refractivity contribution < 1.29 is 9.53 Å². The van der Waals surface area contributed by atoms with Crippen LogP contribution in [0.25, 0.3) is 0 Å². The van der Waals surface area contributed by atoms with E-state index >= 15 is 0 Å². The summed E-state index contributed by atoms with van der Waals surface area (Å²) >= 11 is 1.85. The van der Waals surface area contributed by atoms with Crippen LogP contribution in [0.1, 0.15) is 30.5 Å². The SMILES string of the molecule is Cc1cccc(O[C@@H](C)C(=O)N[C@@H]2CCSc3ccccc32)c1. The maximum absolute atomic E-state index is 12.5. The molecule has 1 N–H and O–H groups in total. The number of carbonyl (C=O) groups excluding carboxylic acids is 1. The van der Waals surface area contributed by atoms with E-state index in [0.29, 0.717) is 0 Å². The van der Waals surface area contributed by atoms with Gasteiger partial charge in [0.1, 0.15) is 5.75 Å². The second-order valence-corrected chi connectivity index (χ2v) is 6.95. The van der Waals surface area contributed by atoms with Crippen LogP contribution in [0, 0.1) is 6.92 Å². The molecule has 1 amide bonds. The van der Waals surface area contributed by atoms with Gasteiger partial charge in [-0.25, -0.2) is 0 Å². The molecule has 120 valence electrons. The average Bonchev–Trinajstić information content (AvgIpc) is 2.55. The minimum Gasteiger partial charge on any atom is -0.481 e. The maximum Gasteiger partial charge on any atom is 0.261 e. The minimum absolute atomic E-state index is 0.0711. The average molecular weight is 327 g/mol. The molecule has 2 atom stereocenters. The number of benzene rings is 2. The molecule has 0 saturated heterocycles. The molecule has 1 heterocycles. The topological polar surface area (TPSA) is 38.3 Å². The minimum atomic E-state index is -0.515. The maximum atomic E-state index is 12.5. The number of carbonyl (C=O) groups is 1. The van der Waals surface area contributed by atoms with E-state index in [9.17, 15) is 4.79 Å². The van der Waals surface area contributed by atoms with Crippen LogP contribution in [0.2, 0.25) is 0 Å². The summed E-state index contributed by atoms with van der Waals surface area (Å²) in [6.45, 7) is 3.80. The summed E-state index contributed by atoms with van der Waals surface area (Å²) in [5, 5.41) is 3.13. The first-order chi connectivity index (χ1) is 11.1. The molecule has 0 aliphatic carbocycles. The molecule has 0 radical (unpaired) electrons. The molecule has 23 heavy (non-hydrogen) atoms. The van der Waals surface area contributed by atoms with Gasteiger partial charge in [0, 0.05) is 10.6 Å². The van der Waals surface area contributed by atoms with Gasteiger partial charge in [-0.3, -0.25) is 4.79 Å². The lowest BCUT2D eigenvalue weighted by Crippen LogP contribution is -2.39. The number of aryl methyl sites for hydroxylation is 1. The van der Waals surface area contributed by atoms with Gasteiger partial charge in [0.15, 0.2) is 6.10 Å². The highest BCUT2D eigenvalue weighted by molar-refractivity contribution is 7.99. The fourth-order valence-corrected chi connectivity index (χ4v) is 3.85. The molecule has 1 aliphatic rings. The summed E-state index contributed by atoms with van der Waals surface area (Å²) < 4.78 is 5.77. The predicted octanol–water partition coefficient (Wildman–Crippen LogP) is 4.12. The standard InChI is InChI=1S/C19H21NO2S/c1-13-6-5-7-15(12-13)22-14(2)19(21)20-17-10-11-23-18-9-4-3-8-16(17)18/h3-9,12,14,17H,10-11H2,1-2H3,(H,20,21)/t14-,17+/m0/s1. The van der Waals surface area contributed by atoms with Crippen molar-refractivity contribution in [1.29, 1.82) is 0 Å². The molecule has 2 aromatic rings. The number of rotatable bonds is 4. The third-order valence-electron chi connectivity index (χ3n) is 3.95. The highest BCUT2D eigenvalue weighted by atomic mass is 32.2. The lowest BCUT2D eigenvalue weighted by Gasteiger charge is -2.27. The third kappa shape index (κ3) is 3.88. The van der Waals surface area contributed by atoms with Gasteiger partial charge < -0.3 is 10.1 Å². The number of hydrogen-bond donors (Lipinski definition) is 1. The Kier molecular flexibility index (Phi) is 4.91. The zero-order valence-corrected chi connectivity index (χ0v) is 14.2. The summed E-state index contributed by atoms with van der Waals surface area (Å²) in [4.78, 5) is 13.7. The number of ether oxygens (including phenoxy) is 1. The molecule has 0 fully saturated rings. The Morgan fingerprint density at radius 3 is 2.91 bits per heavy atom. The monoisotopic (exact) mass is 327 g/mol. The molecule has 0 spiro atoms. The van der Waals surface area contributed by atoms with Gasteiger partial charge in [0.05, 0.1) is 6.04 Å². The van der Waals surface area contributed by atoms with E-state index in [-0.39, 0.29) is 11.9 Å². The number of hydrogen-bond acceptors (Lipinski definition) is 3. The molecular weight excluding hydrogens is 306 g/mol. The Morgan fingerprint density at radius 2 is 2.09 bits per heavy atom. The van der Waals surface area contributed by atoms with Gasteiger partial charge in [-0.1, -0.05) is 30.3 Å². The molecule has 0 unspecified atom stereocenters. The van der Waals surface area contributed by atoms with Crippen LogP contribution in [0.5, 0.6) is 5.75 Å².